The Balaban J connectivity index is 1.83. The molecule has 1 aliphatic heterocycles. The number of para-hydroxylation sites is 2. The van der Waals surface area contributed by atoms with Crippen LogP contribution in [0.2, 0.25) is 0 Å². The lowest BCUT2D eigenvalue weighted by molar-refractivity contribution is -0.181. The standard InChI is InChI=1S/C19H29F3N4O2/c1-14(28-17-8-6-5-7-16(17)27-4)13-24-18(23-3)26-11-9-25(10-12-26)15(2)19(20,21)22/h5-8,14-15H,9-13H2,1-4H3,(H,23,24). The maximum atomic E-state index is 12.9. The molecule has 2 unspecified atom stereocenters. The highest BCUT2D eigenvalue weighted by atomic mass is 19.4. The van der Waals surface area contributed by atoms with E-state index in [0.717, 1.165) is 0 Å². The van der Waals surface area contributed by atoms with Crippen molar-refractivity contribution in [2.75, 3.05) is 46.9 Å². The molecular weight excluding hydrogens is 373 g/mol. The largest absolute Gasteiger partial charge is 0.493 e. The van der Waals surface area contributed by atoms with Gasteiger partial charge in [-0.1, -0.05) is 12.1 Å². The molecule has 9 heteroatoms. The number of nitrogens with zero attached hydrogens (tertiary/aromatic N) is 3. The number of rotatable bonds is 6. The smallest absolute Gasteiger partial charge is 0.403 e. The zero-order valence-corrected chi connectivity index (χ0v) is 16.8. The lowest BCUT2D eigenvalue weighted by Gasteiger charge is -2.39. The second-order valence-corrected chi connectivity index (χ2v) is 6.75. The van der Waals surface area contributed by atoms with Crippen LogP contribution in [0.4, 0.5) is 13.2 Å². The maximum absolute atomic E-state index is 12.9. The fraction of sp³-hybridized carbons (Fsp3) is 0.632. The molecule has 1 saturated heterocycles. The van der Waals surface area contributed by atoms with E-state index in [1.165, 1.54) is 11.8 Å². The van der Waals surface area contributed by atoms with Crippen molar-refractivity contribution in [3.63, 3.8) is 0 Å². The van der Waals surface area contributed by atoms with Crippen molar-refractivity contribution in [1.29, 1.82) is 0 Å². The van der Waals surface area contributed by atoms with Gasteiger partial charge >= 0.3 is 6.18 Å². The molecule has 1 fully saturated rings. The minimum atomic E-state index is -4.20. The maximum Gasteiger partial charge on any atom is 0.403 e. The van der Waals surface area contributed by atoms with Crippen LogP contribution in [0.25, 0.3) is 0 Å². The molecule has 1 N–H and O–H groups in total. The highest BCUT2D eigenvalue weighted by Crippen LogP contribution is 2.27. The molecule has 0 aromatic heterocycles. The zero-order chi connectivity index (χ0) is 20.7. The molecule has 1 aromatic rings. The van der Waals surface area contributed by atoms with Crippen molar-refractivity contribution in [3.05, 3.63) is 24.3 Å². The van der Waals surface area contributed by atoms with E-state index in [1.807, 2.05) is 36.1 Å². The molecule has 0 radical (unpaired) electrons. The Bertz CT molecular complexity index is 646. The zero-order valence-electron chi connectivity index (χ0n) is 16.8. The molecule has 158 valence electrons. The van der Waals surface area contributed by atoms with Crippen molar-refractivity contribution in [2.45, 2.75) is 32.2 Å². The minimum absolute atomic E-state index is 0.153. The van der Waals surface area contributed by atoms with Crippen molar-refractivity contribution < 1.29 is 22.6 Å². The van der Waals surface area contributed by atoms with Gasteiger partial charge in [-0.05, 0) is 26.0 Å². The first kappa shape index (κ1) is 22.1. The van der Waals surface area contributed by atoms with Crippen LogP contribution in [0.5, 0.6) is 11.5 Å². The van der Waals surface area contributed by atoms with E-state index in [-0.39, 0.29) is 6.10 Å². The summed E-state index contributed by atoms with van der Waals surface area (Å²) in [5, 5.41) is 3.24. The van der Waals surface area contributed by atoms with Crippen molar-refractivity contribution in [3.8, 4) is 11.5 Å². The quantitative estimate of drug-likeness (QED) is 0.586. The number of hydrogen-bond acceptors (Lipinski definition) is 4. The Kier molecular flexibility index (Phi) is 7.79. The van der Waals surface area contributed by atoms with Crippen LogP contribution in [0.1, 0.15) is 13.8 Å². The van der Waals surface area contributed by atoms with Crippen LogP contribution in [-0.2, 0) is 0 Å². The monoisotopic (exact) mass is 402 g/mol. The number of methoxy groups -OCH3 is 1. The summed E-state index contributed by atoms with van der Waals surface area (Å²) in [6, 6.07) is 5.98. The number of aliphatic imine (C=N–C) groups is 1. The predicted octanol–water partition coefficient (Wildman–Crippen LogP) is 2.61. The second kappa shape index (κ2) is 9.86. The van der Waals surface area contributed by atoms with Gasteiger partial charge in [-0.3, -0.25) is 9.89 Å². The molecule has 0 aliphatic carbocycles. The van der Waals surface area contributed by atoms with Crippen LogP contribution >= 0.6 is 0 Å². The lowest BCUT2D eigenvalue weighted by Crippen LogP contribution is -2.57. The van der Waals surface area contributed by atoms with E-state index in [1.54, 1.807) is 14.2 Å². The van der Waals surface area contributed by atoms with Crippen molar-refractivity contribution >= 4 is 5.96 Å². The number of alkyl halides is 3. The molecule has 2 atom stereocenters. The average Bonchev–Trinajstić information content (AvgIpc) is 2.68. The number of hydrogen-bond donors (Lipinski definition) is 1. The summed E-state index contributed by atoms with van der Waals surface area (Å²) >= 11 is 0. The van der Waals surface area contributed by atoms with Gasteiger partial charge in [0.25, 0.3) is 0 Å². The molecule has 1 aromatic carbocycles. The molecule has 0 saturated carbocycles. The lowest BCUT2D eigenvalue weighted by atomic mass is 10.2. The molecule has 0 spiro atoms. The van der Waals surface area contributed by atoms with Crippen LogP contribution in [0, 0.1) is 0 Å². The second-order valence-electron chi connectivity index (χ2n) is 6.75. The predicted molar refractivity (Wildman–Crippen MR) is 103 cm³/mol. The Morgan fingerprint density at radius 2 is 1.75 bits per heavy atom. The number of halogens is 3. The number of piperazine rings is 1. The average molecular weight is 402 g/mol. The van der Waals surface area contributed by atoms with Gasteiger partial charge < -0.3 is 19.7 Å². The number of ether oxygens (including phenoxy) is 2. The number of benzene rings is 1. The van der Waals surface area contributed by atoms with Crippen molar-refractivity contribution in [1.82, 2.24) is 15.1 Å². The first-order chi connectivity index (χ1) is 13.3. The van der Waals surface area contributed by atoms with Crippen LogP contribution in [-0.4, -0.2) is 81.0 Å². The number of guanidine groups is 1. The minimum Gasteiger partial charge on any atom is -0.493 e. The van der Waals surface area contributed by atoms with Crippen LogP contribution in [0.3, 0.4) is 0 Å². The number of nitrogens with one attached hydrogen (secondary N) is 1. The molecule has 1 heterocycles. The normalized spacial score (nSPS) is 18.5. The molecule has 6 nitrogen and oxygen atoms in total. The summed E-state index contributed by atoms with van der Waals surface area (Å²) in [5.41, 5.74) is 0. The molecule has 1 aliphatic rings. The van der Waals surface area contributed by atoms with Crippen LogP contribution in [0.15, 0.2) is 29.3 Å². The van der Waals surface area contributed by atoms with Gasteiger partial charge in [0.1, 0.15) is 12.1 Å². The van der Waals surface area contributed by atoms with Gasteiger partial charge in [0, 0.05) is 33.2 Å². The van der Waals surface area contributed by atoms with Gasteiger partial charge in [0.05, 0.1) is 13.7 Å². The van der Waals surface area contributed by atoms with Gasteiger partial charge in [-0.25, -0.2) is 0 Å². The topological polar surface area (TPSA) is 49.3 Å². The van der Waals surface area contributed by atoms with E-state index in [2.05, 4.69) is 10.3 Å². The molecule has 0 bridgehead atoms. The van der Waals surface area contributed by atoms with Gasteiger partial charge in [0.2, 0.25) is 0 Å². The van der Waals surface area contributed by atoms with Gasteiger partial charge in [-0.15, -0.1) is 0 Å². The molecule has 2 rings (SSSR count). The fourth-order valence-corrected chi connectivity index (χ4v) is 3.07. The van der Waals surface area contributed by atoms with Gasteiger partial charge in [0.15, 0.2) is 17.5 Å². The Morgan fingerprint density at radius 1 is 1.14 bits per heavy atom. The highest BCUT2D eigenvalue weighted by molar-refractivity contribution is 5.80. The van der Waals surface area contributed by atoms with Crippen LogP contribution < -0.4 is 14.8 Å². The van der Waals surface area contributed by atoms with E-state index in [9.17, 15) is 13.2 Å². The fourth-order valence-electron chi connectivity index (χ4n) is 3.07. The summed E-state index contributed by atoms with van der Waals surface area (Å²) in [6.45, 7) is 5.30. The summed E-state index contributed by atoms with van der Waals surface area (Å²) in [7, 11) is 3.25. The summed E-state index contributed by atoms with van der Waals surface area (Å²) < 4.78 is 49.8. The highest BCUT2D eigenvalue weighted by Gasteiger charge is 2.41. The first-order valence-electron chi connectivity index (χ1n) is 9.32. The summed E-state index contributed by atoms with van der Waals surface area (Å²) in [4.78, 5) is 7.68. The van der Waals surface area contributed by atoms with E-state index in [4.69, 9.17) is 9.47 Å². The summed E-state index contributed by atoms with van der Waals surface area (Å²) in [6.07, 6.45) is -4.35. The molecular formula is C19H29F3N4O2. The Hall–Kier alpha value is -2.16. The third-order valence-electron chi connectivity index (χ3n) is 4.79. The third kappa shape index (κ3) is 5.92. The van der Waals surface area contributed by atoms with Crippen molar-refractivity contribution in [2.24, 2.45) is 4.99 Å². The van der Waals surface area contributed by atoms with E-state index < -0.39 is 12.2 Å². The third-order valence-corrected chi connectivity index (χ3v) is 4.79. The van der Waals surface area contributed by atoms with E-state index in [0.29, 0.717) is 50.2 Å². The Morgan fingerprint density at radius 3 is 2.29 bits per heavy atom. The Labute approximate surface area is 164 Å². The van der Waals surface area contributed by atoms with Gasteiger partial charge in [-0.2, -0.15) is 13.2 Å². The summed E-state index contributed by atoms with van der Waals surface area (Å²) in [5.74, 6) is 1.98. The SMILES string of the molecule is CN=C(NCC(C)Oc1ccccc1OC)N1CCN(C(C)C(F)(F)F)CC1. The molecule has 28 heavy (non-hydrogen) atoms. The molecule has 0 amide bonds. The van der Waals surface area contributed by atoms with E-state index >= 15 is 0 Å². The first-order valence-corrected chi connectivity index (χ1v) is 9.32.